The number of aromatic nitrogens is 1. The molecule has 1 aromatic heterocycles. The molecule has 0 saturated heterocycles. The molecule has 0 aliphatic heterocycles. The van der Waals surface area contributed by atoms with Crippen molar-refractivity contribution in [2.75, 3.05) is 5.73 Å². The molecule has 0 saturated carbocycles. The summed E-state index contributed by atoms with van der Waals surface area (Å²) in [6, 6.07) is 13.0. The number of hydrogen-bond donors (Lipinski definition) is 2. The van der Waals surface area contributed by atoms with Gasteiger partial charge in [-0.05, 0) is 47.4 Å². The van der Waals surface area contributed by atoms with Gasteiger partial charge >= 0.3 is 0 Å². The highest BCUT2D eigenvalue weighted by Gasteiger charge is 2.16. The number of hydrogen-bond acceptors (Lipinski definition) is 4. The van der Waals surface area contributed by atoms with Crippen LogP contribution in [0.3, 0.4) is 0 Å². The molecule has 3 N–H and O–H groups in total. The van der Waals surface area contributed by atoms with Gasteiger partial charge < -0.3 is 10.8 Å². The smallest absolute Gasteiger partial charge is 0.141 e. The average molecular weight is 333 g/mol. The fraction of sp³-hybridized carbons (Fsp3) is 0.100. The Bertz CT molecular complexity index is 975. The predicted molar refractivity (Wildman–Crippen MR) is 95.2 cm³/mol. The summed E-state index contributed by atoms with van der Waals surface area (Å²) in [6.45, 7) is 1.99. The third kappa shape index (κ3) is 3.02. The van der Waals surface area contributed by atoms with E-state index in [1.54, 1.807) is 36.5 Å². The SMILES string of the molecule is CCc1c(-c2ccc(C#N)c(F)c2)cnc(N)c1-c1ccc(O)cc1. The van der Waals surface area contributed by atoms with Crippen LogP contribution in [0.15, 0.2) is 48.7 Å². The van der Waals surface area contributed by atoms with E-state index >= 15 is 0 Å². The second-order valence-corrected chi connectivity index (χ2v) is 5.62. The Morgan fingerprint density at radius 3 is 2.44 bits per heavy atom. The van der Waals surface area contributed by atoms with Crippen LogP contribution in [0.5, 0.6) is 5.75 Å². The van der Waals surface area contributed by atoms with E-state index in [1.165, 1.54) is 12.1 Å². The lowest BCUT2D eigenvalue weighted by Crippen LogP contribution is -2.01. The first-order chi connectivity index (χ1) is 12.0. The van der Waals surface area contributed by atoms with E-state index in [0.717, 1.165) is 22.3 Å². The van der Waals surface area contributed by atoms with Crippen LogP contribution in [0.4, 0.5) is 10.2 Å². The number of aromatic hydroxyl groups is 1. The molecule has 0 atom stereocenters. The average Bonchev–Trinajstić information content (AvgIpc) is 2.62. The molecule has 0 amide bonds. The highest BCUT2D eigenvalue weighted by Crippen LogP contribution is 2.36. The van der Waals surface area contributed by atoms with E-state index in [0.29, 0.717) is 17.8 Å². The number of anilines is 1. The summed E-state index contributed by atoms with van der Waals surface area (Å²) in [5, 5.41) is 18.4. The summed E-state index contributed by atoms with van der Waals surface area (Å²) in [4.78, 5) is 4.26. The summed E-state index contributed by atoms with van der Waals surface area (Å²) in [5.74, 6) is -0.0240. The Morgan fingerprint density at radius 2 is 1.84 bits per heavy atom. The van der Waals surface area contributed by atoms with Gasteiger partial charge in [0.15, 0.2) is 0 Å². The molecule has 0 spiro atoms. The maximum atomic E-state index is 14.0. The lowest BCUT2D eigenvalue weighted by Gasteiger charge is -2.16. The largest absolute Gasteiger partial charge is 0.508 e. The minimum atomic E-state index is -0.565. The van der Waals surface area contributed by atoms with Gasteiger partial charge in [-0.1, -0.05) is 25.1 Å². The van der Waals surface area contributed by atoms with E-state index < -0.39 is 5.82 Å². The number of benzene rings is 2. The van der Waals surface area contributed by atoms with E-state index in [1.807, 2.05) is 13.0 Å². The lowest BCUT2D eigenvalue weighted by molar-refractivity contribution is 0.475. The van der Waals surface area contributed by atoms with E-state index in [-0.39, 0.29) is 11.3 Å². The highest BCUT2D eigenvalue weighted by molar-refractivity contribution is 5.84. The first kappa shape index (κ1) is 16.5. The number of nitrogens with two attached hydrogens (primary N) is 1. The van der Waals surface area contributed by atoms with Crippen LogP contribution in [0.1, 0.15) is 18.1 Å². The zero-order chi connectivity index (χ0) is 18.0. The third-order valence-corrected chi connectivity index (χ3v) is 4.13. The summed E-state index contributed by atoms with van der Waals surface area (Å²) in [6.07, 6.45) is 2.29. The minimum Gasteiger partial charge on any atom is -0.508 e. The van der Waals surface area contributed by atoms with Crippen LogP contribution < -0.4 is 5.73 Å². The van der Waals surface area contributed by atoms with E-state index in [2.05, 4.69) is 4.98 Å². The van der Waals surface area contributed by atoms with Gasteiger partial charge in [0, 0.05) is 17.3 Å². The second-order valence-electron chi connectivity index (χ2n) is 5.62. The standard InChI is InChI=1S/C20H16FN3O/c1-2-16-17(13-3-4-14(10-22)18(21)9-13)11-24-20(23)19(16)12-5-7-15(25)8-6-12/h3-9,11,25H,2H2,1H3,(H2,23,24). The number of nitriles is 1. The molecule has 4 nitrogen and oxygen atoms in total. The molecule has 0 fully saturated rings. The van der Waals surface area contributed by atoms with Crippen molar-refractivity contribution in [3.8, 4) is 34.1 Å². The quantitative estimate of drug-likeness (QED) is 0.749. The molecule has 1 heterocycles. The van der Waals surface area contributed by atoms with Gasteiger partial charge in [0.2, 0.25) is 0 Å². The van der Waals surface area contributed by atoms with Crippen molar-refractivity contribution in [2.24, 2.45) is 0 Å². The fourth-order valence-corrected chi connectivity index (χ4v) is 2.91. The van der Waals surface area contributed by atoms with E-state index in [9.17, 15) is 9.50 Å². The first-order valence-electron chi connectivity index (χ1n) is 7.82. The highest BCUT2D eigenvalue weighted by atomic mass is 19.1. The number of pyridine rings is 1. The molecular weight excluding hydrogens is 317 g/mol. The molecule has 25 heavy (non-hydrogen) atoms. The summed E-state index contributed by atoms with van der Waals surface area (Å²) < 4.78 is 14.0. The summed E-state index contributed by atoms with van der Waals surface area (Å²) in [5.41, 5.74) is 10.0. The molecule has 3 aromatic rings. The van der Waals surface area contributed by atoms with Gasteiger partial charge in [-0.3, -0.25) is 0 Å². The maximum Gasteiger partial charge on any atom is 0.141 e. The lowest BCUT2D eigenvalue weighted by atomic mass is 9.91. The summed E-state index contributed by atoms with van der Waals surface area (Å²) in [7, 11) is 0. The number of nitrogen functional groups attached to an aromatic ring is 1. The molecule has 0 radical (unpaired) electrons. The molecular formula is C20H16FN3O. The van der Waals surface area contributed by atoms with Gasteiger partial charge in [-0.15, -0.1) is 0 Å². The fourth-order valence-electron chi connectivity index (χ4n) is 2.91. The third-order valence-electron chi connectivity index (χ3n) is 4.13. The van der Waals surface area contributed by atoms with Gasteiger partial charge in [0.25, 0.3) is 0 Å². The van der Waals surface area contributed by atoms with Crippen LogP contribution >= 0.6 is 0 Å². The molecule has 3 rings (SSSR count). The number of nitrogens with zero attached hydrogens (tertiary/aromatic N) is 2. The Kier molecular flexibility index (Phi) is 4.36. The summed E-state index contributed by atoms with van der Waals surface area (Å²) >= 11 is 0. The van der Waals surface area contributed by atoms with Crippen LogP contribution in [0, 0.1) is 17.1 Å². The molecule has 0 bridgehead atoms. The zero-order valence-electron chi connectivity index (χ0n) is 13.6. The Morgan fingerprint density at radius 1 is 1.16 bits per heavy atom. The topological polar surface area (TPSA) is 82.9 Å². The molecule has 2 aromatic carbocycles. The van der Waals surface area contributed by atoms with Gasteiger partial charge in [0.05, 0.1) is 5.56 Å². The van der Waals surface area contributed by atoms with Crippen molar-refractivity contribution in [1.29, 1.82) is 5.26 Å². The maximum absolute atomic E-state index is 14.0. The Labute approximate surface area is 145 Å². The first-order valence-corrected chi connectivity index (χ1v) is 7.82. The van der Waals surface area contributed by atoms with Crippen molar-refractivity contribution in [2.45, 2.75) is 13.3 Å². The van der Waals surface area contributed by atoms with Crippen molar-refractivity contribution >= 4 is 5.82 Å². The van der Waals surface area contributed by atoms with Crippen LogP contribution in [-0.2, 0) is 6.42 Å². The van der Waals surface area contributed by atoms with Gasteiger partial charge in [0.1, 0.15) is 23.5 Å². The number of halogens is 1. The second kappa shape index (κ2) is 6.62. The van der Waals surface area contributed by atoms with Crippen molar-refractivity contribution < 1.29 is 9.50 Å². The van der Waals surface area contributed by atoms with E-state index in [4.69, 9.17) is 11.0 Å². The van der Waals surface area contributed by atoms with Crippen LogP contribution in [0.25, 0.3) is 22.3 Å². The molecule has 0 unspecified atom stereocenters. The Balaban J connectivity index is 2.22. The van der Waals surface area contributed by atoms with Crippen LogP contribution in [0.2, 0.25) is 0 Å². The molecule has 0 aliphatic carbocycles. The monoisotopic (exact) mass is 333 g/mol. The van der Waals surface area contributed by atoms with Gasteiger partial charge in [-0.2, -0.15) is 5.26 Å². The van der Waals surface area contributed by atoms with Crippen molar-refractivity contribution in [3.63, 3.8) is 0 Å². The molecule has 124 valence electrons. The normalized spacial score (nSPS) is 10.4. The zero-order valence-corrected chi connectivity index (χ0v) is 13.6. The number of phenolic OH excluding ortho intramolecular Hbond substituents is 1. The molecule has 5 heteroatoms. The predicted octanol–water partition coefficient (Wildman–Crippen LogP) is 4.28. The van der Waals surface area contributed by atoms with Crippen molar-refractivity contribution in [1.82, 2.24) is 4.98 Å². The van der Waals surface area contributed by atoms with Gasteiger partial charge in [-0.25, -0.2) is 9.37 Å². The minimum absolute atomic E-state index is 0.00367. The van der Waals surface area contributed by atoms with Crippen molar-refractivity contribution in [3.05, 3.63) is 65.6 Å². The molecule has 0 aliphatic rings. The van der Waals surface area contributed by atoms with Crippen LogP contribution in [-0.4, -0.2) is 10.1 Å². The number of rotatable bonds is 3. The Hall–Kier alpha value is -3.39. The number of phenols is 1.